The van der Waals surface area contributed by atoms with E-state index in [9.17, 15) is 19.2 Å². The summed E-state index contributed by atoms with van der Waals surface area (Å²) in [6.45, 7) is 14.4. The first-order valence-electron chi connectivity index (χ1n) is 14.4. The van der Waals surface area contributed by atoms with E-state index in [4.69, 9.17) is 14.5 Å². The summed E-state index contributed by atoms with van der Waals surface area (Å²) in [6.07, 6.45) is -0.449. The second-order valence-electron chi connectivity index (χ2n) is 12.2. The minimum Gasteiger partial charge on any atom is -0.460 e. The van der Waals surface area contributed by atoms with Gasteiger partial charge in [-0.25, -0.2) is 14.8 Å². The molecule has 1 aliphatic rings. The van der Waals surface area contributed by atoms with E-state index in [1.54, 1.807) is 43.6 Å². The van der Waals surface area contributed by atoms with Crippen LogP contribution in [0.25, 0.3) is 11.4 Å². The molecule has 1 aliphatic heterocycles. The van der Waals surface area contributed by atoms with Crippen molar-refractivity contribution < 1.29 is 28.7 Å². The molecular formula is C31H43N5O6. The molecule has 11 heteroatoms. The number of nitrogens with zero attached hydrogens (tertiary/aromatic N) is 4. The van der Waals surface area contributed by atoms with Crippen LogP contribution in [0.4, 0.5) is 4.79 Å². The van der Waals surface area contributed by atoms with E-state index in [1.165, 1.54) is 0 Å². The molecule has 1 aromatic heterocycles. The van der Waals surface area contributed by atoms with Gasteiger partial charge in [-0.15, -0.1) is 0 Å². The molecule has 0 bridgehead atoms. The number of piperazine rings is 1. The van der Waals surface area contributed by atoms with E-state index in [0.717, 1.165) is 5.56 Å². The average molecular weight is 582 g/mol. The van der Waals surface area contributed by atoms with E-state index in [2.05, 4.69) is 10.3 Å². The number of carbonyl (C=O) groups is 4. The maximum atomic E-state index is 13.7. The highest BCUT2D eigenvalue weighted by Crippen LogP contribution is 2.24. The zero-order valence-electron chi connectivity index (χ0n) is 25.7. The monoisotopic (exact) mass is 581 g/mol. The summed E-state index contributed by atoms with van der Waals surface area (Å²) in [5.74, 6) is -0.957. The Hall–Kier alpha value is -4.02. The highest BCUT2D eigenvalue weighted by Gasteiger charge is 2.32. The quantitative estimate of drug-likeness (QED) is 0.464. The van der Waals surface area contributed by atoms with Crippen LogP contribution in [-0.4, -0.2) is 88.1 Å². The number of carbonyl (C=O) groups excluding carboxylic acids is 4. The van der Waals surface area contributed by atoms with Crippen LogP contribution in [0.15, 0.2) is 36.4 Å². The molecule has 1 fully saturated rings. The Bertz CT molecular complexity index is 1260. The highest BCUT2D eigenvalue weighted by atomic mass is 16.6. The van der Waals surface area contributed by atoms with Gasteiger partial charge in [0.05, 0.1) is 12.3 Å². The Balaban J connectivity index is 1.85. The average Bonchev–Trinajstić information content (AvgIpc) is 2.93. The van der Waals surface area contributed by atoms with Gasteiger partial charge in [-0.2, -0.15) is 0 Å². The van der Waals surface area contributed by atoms with Crippen LogP contribution in [0.1, 0.15) is 77.5 Å². The number of nitrogens with one attached hydrogen (secondary N) is 1. The molecule has 0 unspecified atom stereocenters. The first-order valence-corrected chi connectivity index (χ1v) is 14.4. The third-order valence-corrected chi connectivity index (χ3v) is 6.54. The Morgan fingerprint density at radius 2 is 1.55 bits per heavy atom. The second-order valence-corrected chi connectivity index (χ2v) is 12.2. The maximum Gasteiger partial charge on any atom is 0.409 e. The number of hydrogen-bond acceptors (Lipinski definition) is 8. The van der Waals surface area contributed by atoms with Gasteiger partial charge in [-0.3, -0.25) is 14.4 Å². The fourth-order valence-corrected chi connectivity index (χ4v) is 4.35. The van der Waals surface area contributed by atoms with Gasteiger partial charge in [0.15, 0.2) is 5.82 Å². The zero-order chi connectivity index (χ0) is 31.1. The van der Waals surface area contributed by atoms with Crippen LogP contribution in [0.5, 0.6) is 0 Å². The fraction of sp³-hybridized carbons (Fsp3) is 0.548. The largest absolute Gasteiger partial charge is 0.460 e. The smallest absolute Gasteiger partial charge is 0.409 e. The molecule has 1 atom stereocenters. The van der Waals surface area contributed by atoms with Gasteiger partial charge < -0.3 is 24.6 Å². The van der Waals surface area contributed by atoms with Crippen molar-refractivity contribution in [1.82, 2.24) is 25.1 Å². The summed E-state index contributed by atoms with van der Waals surface area (Å²) in [7, 11) is 0. The van der Waals surface area contributed by atoms with Crippen LogP contribution in [0.2, 0.25) is 0 Å². The highest BCUT2D eigenvalue weighted by molar-refractivity contribution is 5.96. The number of amides is 3. The van der Waals surface area contributed by atoms with Gasteiger partial charge in [0.1, 0.15) is 17.3 Å². The van der Waals surface area contributed by atoms with Gasteiger partial charge in [-0.05, 0) is 40.2 Å². The van der Waals surface area contributed by atoms with Crippen molar-refractivity contribution in [3.05, 3.63) is 47.8 Å². The summed E-state index contributed by atoms with van der Waals surface area (Å²) >= 11 is 0. The molecule has 0 spiro atoms. The number of ether oxygens (including phenoxy) is 2. The molecule has 42 heavy (non-hydrogen) atoms. The number of esters is 1. The molecule has 1 saturated heterocycles. The molecule has 0 radical (unpaired) electrons. The SMILES string of the molecule is CCOC(=O)N1CCN(C(=O)[C@H](CCC(=O)OC(C)(C)C)NC(=O)c2cc(C(C)(C)C)nc(-c3ccccc3)n2)CC1. The third-order valence-electron chi connectivity index (χ3n) is 6.54. The molecular weight excluding hydrogens is 538 g/mol. The van der Waals surface area contributed by atoms with E-state index in [0.29, 0.717) is 24.6 Å². The van der Waals surface area contributed by atoms with Crippen molar-refractivity contribution in [2.45, 2.75) is 78.4 Å². The lowest BCUT2D eigenvalue weighted by atomic mass is 9.91. The van der Waals surface area contributed by atoms with Gasteiger partial charge in [0.2, 0.25) is 5.91 Å². The number of aromatic nitrogens is 2. The van der Waals surface area contributed by atoms with Gasteiger partial charge >= 0.3 is 12.1 Å². The Morgan fingerprint density at radius 3 is 2.12 bits per heavy atom. The van der Waals surface area contributed by atoms with Gasteiger partial charge in [0.25, 0.3) is 5.91 Å². The molecule has 2 heterocycles. The van der Waals surface area contributed by atoms with Crippen LogP contribution in [0, 0.1) is 0 Å². The van der Waals surface area contributed by atoms with Gasteiger partial charge in [-0.1, -0.05) is 51.1 Å². The lowest BCUT2D eigenvalue weighted by molar-refractivity contribution is -0.155. The summed E-state index contributed by atoms with van der Waals surface area (Å²) in [6, 6.07) is 9.99. The first kappa shape index (κ1) is 32.5. The predicted octanol–water partition coefficient (Wildman–Crippen LogP) is 3.96. The number of rotatable bonds is 8. The zero-order valence-corrected chi connectivity index (χ0v) is 25.7. The van der Waals surface area contributed by atoms with Crippen LogP contribution >= 0.6 is 0 Å². The summed E-state index contributed by atoms with van der Waals surface area (Å²) in [5.41, 5.74) is 0.506. The Morgan fingerprint density at radius 1 is 0.929 bits per heavy atom. The predicted molar refractivity (Wildman–Crippen MR) is 158 cm³/mol. The Labute approximate surface area is 248 Å². The topological polar surface area (TPSA) is 131 Å². The van der Waals surface area contributed by atoms with Crippen molar-refractivity contribution in [1.29, 1.82) is 0 Å². The van der Waals surface area contributed by atoms with E-state index >= 15 is 0 Å². The van der Waals surface area contributed by atoms with Crippen molar-refractivity contribution in [2.75, 3.05) is 32.8 Å². The Kier molecular flexibility index (Phi) is 10.6. The molecule has 3 rings (SSSR count). The molecule has 11 nitrogen and oxygen atoms in total. The molecule has 1 N–H and O–H groups in total. The lowest BCUT2D eigenvalue weighted by Crippen LogP contribution is -2.56. The molecule has 3 amide bonds. The standard InChI is InChI=1S/C31H43N5O6/c1-8-41-29(40)36-18-16-35(17-19-36)28(39)22(14-15-25(37)42-31(5,6)7)33-27(38)23-20-24(30(2,3)4)34-26(32-23)21-12-10-9-11-13-21/h9-13,20,22H,8,14-19H2,1-7H3,(H,33,38)/t22-/m0/s1. The first-order chi connectivity index (χ1) is 19.7. The van der Waals surface area contributed by atoms with Crippen molar-refractivity contribution in [2.24, 2.45) is 0 Å². The minimum atomic E-state index is -1.01. The fourth-order valence-electron chi connectivity index (χ4n) is 4.35. The maximum absolute atomic E-state index is 13.7. The van der Waals surface area contributed by atoms with Crippen LogP contribution in [-0.2, 0) is 24.5 Å². The minimum absolute atomic E-state index is 0.0420. The van der Waals surface area contributed by atoms with Crippen molar-refractivity contribution in [3.8, 4) is 11.4 Å². The molecule has 228 valence electrons. The second kappa shape index (κ2) is 13.8. The molecule has 0 aliphatic carbocycles. The number of hydrogen-bond donors (Lipinski definition) is 1. The van der Waals surface area contributed by atoms with Crippen LogP contribution < -0.4 is 5.32 Å². The van der Waals surface area contributed by atoms with E-state index in [-0.39, 0.29) is 49.6 Å². The lowest BCUT2D eigenvalue weighted by Gasteiger charge is -2.36. The van der Waals surface area contributed by atoms with Crippen LogP contribution in [0.3, 0.4) is 0 Å². The van der Waals surface area contributed by atoms with E-state index in [1.807, 2.05) is 51.1 Å². The van der Waals surface area contributed by atoms with Crippen molar-refractivity contribution >= 4 is 23.9 Å². The van der Waals surface area contributed by atoms with Gasteiger partial charge in [0, 0.05) is 43.6 Å². The van der Waals surface area contributed by atoms with Crippen molar-refractivity contribution in [3.63, 3.8) is 0 Å². The molecule has 0 saturated carbocycles. The summed E-state index contributed by atoms with van der Waals surface area (Å²) in [4.78, 5) is 64.3. The third kappa shape index (κ3) is 9.25. The summed E-state index contributed by atoms with van der Waals surface area (Å²) < 4.78 is 10.5. The summed E-state index contributed by atoms with van der Waals surface area (Å²) in [5, 5.41) is 2.83. The molecule has 1 aromatic carbocycles. The van der Waals surface area contributed by atoms with E-state index < -0.39 is 29.6 Å². The normalized spacial score (nSPS) is 14.6. The number of benzene rings is 1. The molecule has 2 aromatic rings.